The lowest BCUT2D eigenvalue weighted by Crippen LogP contribution is -2.10. The summed E-state index contributed by atoms with van der Waals surface area (Å²) >= 11 is 6.10. The second kappa shape index (κ2) is 6.60. The van der Waals surface area contributed by atoms with Crippen LogP contribution in [0.3, 0.4) is 0 Å². The van der Waals surface area contributed by atoms with Crippen LogP contribution in [0.5, 0.6) is 0 Å². The highest BCUT2D eigenvalue weighted by atomic mass is 35.5. The number of pyridine rings is 2. The van der Waals surface area contributed by atoms with Crippen LogP contribution in [0.4, 0.5) is 5.69 Å². The quantitative estimate of drug-likeness (QED) is 0.721. The Morgan fingerprint density at radius 3 is 3.09 bits per heavy atom. The predicted molar refractivity (Wildman–Crippen MR) is 88.0 cm³/mol. The molecule has 0 aliphatic carbocycles. The topological polar surface area (TPSA) is 79.5 Å². The van der Waals surface area contributed by atoms with Crippen LogP contribution in [-0.2, 0) is 11.4 Å². The van der Waals surface area contributed by atoms with Crippen molar-refractivity contribution in [1.82, 2.24) is 14.4 Å². The minimum absolute atomic E-state index is 0.180. The molecule has 0 saturated heterocycles. The molecular formula is C16H13ClN4O2. The van der Waals surface area contributed by atoms with Crippen molar-refractivity contribution in [1.29, 1.82) is 0 Å². The van der Waals surface area contributed by atoms with Gasteiger partial charge in [0.25, 0.3) is 0 Å². The van der Waals surface area contributed by atoms with Crippen molar-refractivity contribution in [3.05, 3.63) is 65.3 Å². The maximum Gasteiger partial charge on any atom is 0.248 e. The summed E-state index contributed by atoms with van der Waals surface area (Å²) in [6, 6.07) is 7.18. The van der Waals surface area contributed by atoms with Crippen LogP contribution in [0.15, 0.2) is 48.9 Å². The van der Waals surface area contributed by atoms with Crippen LogP contribution in [-0.4, -0.2) is 25.4 Å². The number of carbonyl (C=O) groups excluding carboxylic acids is 1. The van der Waals surface area contributed by atoms with Crippen molar-refractivity contribution in [2.75, 3.05) is 5.32 Å². The molecule has 0 atom stereocenters. The molecule has 0 radical (unpaired) electrons. The van der Waals surface area contributed by atoms with Crippen LogP contribution in [0.25, 0.3) is 11.7 Å². The van der Waals surface area contributed by atoms with Crippen LogP contribution < -0.4 is 5.32 Å². The highest BCUT2D eigenvalue weighted by Crippen LogP contribution is 2.19. The number of carbonyl (C=O) groups is 1. The van der Waals surface area contributed by atoms with Crippen molar-refractivity contribution >= 4 is 34.9 Å². The minimum Gasteiger partial charge on any atom is -0.392 e. The van der Waals surface area contributed by atoms with Gasteiger partial charge in [0.05, 0.1) is 24.2 Å². The highest BCUT2D eigenvalue weighted by molar-refractivity contribution is 6.31. The maximum absolute atomic E-state index is 12.0. The Balaban J connectivity index is 1.82. The third-order valence-electron chi connectivity index (χ3n) is 3.25. The average Bonchev–Trinajstić information content (AvgIpc) is 2.88. The lowest BCUT2D eigenvalue weighted by atomic mass is 10.2. The zero-order valence-electron chi connectivity index (χ0n) is 12.0. The van der Waals surface area contributed by atoms with Crippen LogP contribution in [0.2, 0.25) is 5.15 Å². The first-order valence-corrected chi connectivity index (χ1v) is 7.22. The summed E-state index contributed by atoms with van der Waals surface area (Å²) in [6.07, 6.45) is 7.80. The SMILES string of the molecule is O=C(/C=C/c1c(Cl)nc2ccccn12)Nc1cnccc1CO. The Labute approximate surface area is 137 Å². The van der Waals surface area contributed by atoms with E-state index in [1.54, 1.807) is 22.7 Å². The van der Waals surface area contributed by atoms with E-state index in [-0.39, 0.29) is 12.5 Å². The number of aliphatic hydroxyl groups is 1. The second-order valence-electron chi connectivity index (χ2n) is 4.73. The number of nitrogens with zero attached hydrogens (tertiary/aromatic N) is 3. The number of hydrogen-bond donors (Lipinski definition) is 2. The molecule has 0 unspecified atom stereocenters. The Morgan fingerprint density at radius 2 is 2.26 bits per heavy atom. The molecule has 0 bridgehead atoms. The van der Waals surface area contributed by atoms with E-state index in [9.17, 15) is 9.90 Å². The summed E-state index contributed by atoms with van der Waals surface area (Å²) in [4.78, 5) is 20.2. The number of anilines is 1. The predicted octanol–water partition coefficient (Wildman–Crippen LogP) is 2.53. The van der Waals surface area contributed by atoms with E-state index >= 15 is 0 Å². The monoisotopic (exact) mass is 328 g/mol. The summed E-state index contributed by atoms with van der Waals surface area (Å²) in [5, 5.41) is 12.2. The fourth-order valence-corrected chi connectivity index (χ4v) is 2.38. The molecule has 6 nitrogen and oxygen atoms in total. The van der Waals surface area contributed by atoms with Gasteiger partial charge in [-0.05, 0) is 24.3 Å². The van der Waals surface area contributed by atoms with Gasteiger partial charge in [0.2, 0.25) is 5.91 Å². The van der Waals surface area contributed by atoms with Gasteiger partial charge in [-0.1, -0.05) is 17.7 Å². The van der Waals surface area contributed by atoms with Gasteiger partial charge < -0.3 is 10.4 Å². The standard InChI is InChI=1S/C16H13ClN4O2/c17-16-13(21-8-2-1-3-14(21)20-16)4-5-15(23)19-12-9-18-7-6-11(12)10-22/h1-9,22H,10H2,(H,19,23)/b5-4+. The van der Waals surface area contributed by atoms with E-state index in [2.05, 4.69) is 15.3 Å². The van der Waals surface area contributed by atoms with Gasteiger partial charge in [0, 0.05) is 24.0 Å². The summed E-state index contributed by atoms with van der Waals surface area (Å²) in [6.45, 7) is -0.180. The molecule has 2 N–H and O–H groups in total. The van der Waals surface area contributed by atoms with Crippen molar-refractivity contribution in [3.8, 4) is 0 Å². The Bertz CT molecular complexity index is 889. The number of aromatic nitrogens is 3. The first-order chi connectivity index (χ1) is 11.2. The third kappa shape index (κ3) is 3.23. The fourth-order valence-electron chi connectivity index (χ4n) is 2.14. The molecule has 3 aromatic rings. The number of nitrogens with one attached hydrogen (secondary N) is 1. The first-order valence-electron chi connectivity index (χ1n) is 6.84. The molecule has 23 heavy (non-hydrogen) atoms. The van der Waals surface area contributed by atoms with E-state index in [0.717, 1.165) is 0 Å². The van der Waals surface area contributed by atoms with Crippen LogP contribution in [0, 0.1) is 0 Å². The van der Waals surface area contributed by atoms with Crippen LogP contribution in [0.1, 0.15) is 11.3 Å². The summed E-state index contributed by atoms with van der Waals surface area (Å²) in [7, 11) is 0. The highest BCUT2D eigenvalue weighted by Gasteiger charge is 2.08. The largest absolute Gasteiger partial charge is 0.392 e. The number of fused-ring (bicyclic) bond motifs is 1. The van der Waals surface area contributed by atoms with Gasteiger partial charge in [-0.2, -0.15) is 0 Å². The number of rotatable bonds is 4. The van der Waals surface area contributed by atoms with E-state index in [4.69, 9.17) is 11.6 Å². The van der Waals surface area contributed by atoms with E-state index in [1.807, 2.05) is 24.4 Å². The van der Waals surface area contributed by atoms with Gasteiger partial charge in [-0.3, -0.25) is 14.2 Å². The molecule has 3 heterocycles. The third-order valence-corrected chi connectivity index (χ3v) is 3.53. The molecule has 0 aliphatic rings. The molecule has 0 aliphatic heterocycles. The Kier molecular flexibility index (Phi) is 4.36. The number of halogens is 1. The minimum atomic E-state index is -0.352. The number of hydrogen-bond acceptors (Lipinski definition) is 4. The van der Waals surface area contributed by atoms with Gasteiger partial charge in [0.15, 0.2) is 5.15 Å². The van der Waals surface area contributed by atoms with Gasteiger partial charge in [-0.15, -0.1) is 0 Å². The molecule has 3 rings (SSSR count). The van der Waals surface area contributed by atoms with E-state index in [0.29, 0.717) is 27.7 Å². The fraction of sp³-hybridized carbons (Fsp3) is 0.0625. The molecule has 3 aromatic heterocycles. The summed E-state index contributed by atoms with van der Waals surface area (Å²) in [5.74, 6) is -0.352. The van der Waals surface area contributed by atoms with E-state index in [1.165, 1.54) is 12.3 Å². The summed E-state index contributed by atoms with van der Waals surface area (Å²) < 4.78 is 1.79. The van der Waals surface area contributed by atoms with Crippen molar-refractivity contribution in [3.63, 3.8) is 0 Å². The zero-order valence-corrected chi connectivity index (χ0v) is 12.7. The number of amides is 1. The van der Waals surface area contributed by atoms with Crippen molar-refractivity contribution in [2.24, 2.45) is 0 Å². The molecule has 0 spiro atoms. The average molecular weight is 329 g/mol. The van der Waals surface area contributed by atoms with Crippen LogP contribution >= 0.6 is 11.6 Å². The Morgan fingerprint density at radius 1 is 1.39 bits per heavy atom. The summed E-state index contributed by atoms with van der Waals surface area (Å²) in [5.41, 5.74) is 2.38. The Hall–Kier alpha value is -2.70. The molecule has 7 heteroatoms. The molecule has 0 fully saturated rings. The molecular weight excluding hydrogens is 316 g/mol. The lowest BCUT2D eigenvalue weighted by Gasteiger charge is -2.06. The zero-order chi connectivity index (χ0) is 16.2. The smallest absolute Gasteiger partial charge is 0.248 e. The normalized spacial score (nSPS) is 11.2. The number of aliphatic hydroxyl groups excluding tert-OH is 1. The van der Waals surface area contributed by atoms with Gasteiger partial charge in [-0.25, -0.2) is 4.98 Å². The van der Waals surface area contributed by atoms with Crippen molar-refractivity contribution < 1.29 is 9.90 Å². The molecule has 116 valence electrons. The maximum atomic E-state index is 12.0. The van der Waals surface area contributed by atoms with Crippen molar-refractivity contribution in [2.45, 2.75) is 6.61 Å². The van der Waals surface area contributed by atoms with Gasteiger partial charge in [0.1, 0.15) is 5.65 Å². The molecule has 0 saturated carbocycles. The number of imidazole rings is 1. The molecule has 1 amide bonds. The lowest BCUT2D eigenvalue weighted by molar-refractivity contribution is -0.111. The second-order valence-corrected chi connectivity index (χ2v) is 5.09. The van der Waals surface area contributed by atoms with E-state index < -0.39 is 0 Å². The van der Waals surface area contributed by atoms with Gasteiger partial charge >= 0.3 is 0 Å². The first kappa shape index (κ1) is 15.2. The molecule has 0 aromatic carbocycles.